The van der Waals surface area contributed by atoms with Gasteiger partial charge in [0.1, 0.15) is 17.6 Å². The van der Waals surface area contributed by atoms with Crippen molar-refractivity contribution in [3.8, 4) is 5.75 Å². The summed E-state index contributed by atoms with van der Waals surface area (Å²) in [5.74, 6) is -2.02. The molecule has 1 aliphatic heterocycles. The molecule has 1 aliphatic rings. The van der Waals surface area contributed by atoms with Gasteiger partial charge < -0.3 is 9.64 Å². The van der Waals surface area contributed by atoms with Crippen LogP contribution in [0, 0.1) is 5.82 Å². The van der Waals surface area contributed by atoms with Crippen molar-refractivity contribution in [1.82, 2.24) is 4.90 Å². The smallest absolute Gasteiger partial charge is 0.308 e. The Kier molecular flexibility index (Phi) is 7.45. The van der Waals surface area contributed by atoms with Crippen LogP contribution in [0.25, 0.3) is 0 Å². The lowest BCUT2D eigenvalue weighted by atomic mass is 10.1. The van der Waals surface area contributed by atoms with Gasteiger partial charge in [-0.3, -0.25) is 19.2 Å². The van der Waals surface area contributed by atoms with Gasteiger partial charge in [0.15, 0.2) is 0 Å². The monoisotopic (exact) mass is 508 g/mol. The van der Waals surface area contributed by atoms with E-state index in [9.17, 15) is 23.6 Å². The number of imide groups is 1. The molecule has 0 radical (unpaired) electrons. The third-order valence-electron chi connectivity index (χ3n) is 5.71. The molecule has 3 aromatic rings. The fourth-order valence-electron chi connectivity index (χ4n) is 4.00. The lowest BCUT2D eigenvalue weighted by Crippen LogP contribution is -2.45. The standard InChI is InChI=1S/C27H22ClFN2O5/c1-17(32)36-23-12-10-22(11-13-23)31-26(34)15-24(27(31)35)30(16-19-4-8-21(29)9-5-19)25(33)14-18-2-6-20(28)7-3-18/h2-13,24H,14-16H2,1H3. The van der Waals surface area contributed by atoms with Crippen molar-refractivity contribution in [2.45, 2.75) is 32.4 Å². The summed E-state index contributed by atoms with van der Waals surface area (Å²) in [6, 6.07) is 17.3. The second-order valence-corrected chi connectivity index (χ2v) is 8.76. The van der Waals surface area contributed by atoms with E-state index in [0.717, 1.165) is 4.90 Å². The molecule has 7 nitrogen and oxygen atoms in total. The van der Waals surface area contributed by atoms with Crippen molar-refractivity contribution in [1.29, 1.82) is 0 Å². The van der Waals surface area contributed by atoms with Crippen LogP contribution in [0.1, 0.15) is 24.5 Å². The van der Waals surface area contributed by atoms with E-state index in [0.29, 0.717) is 21.8 Å². The van der Waals surface area contributed by atoms with E-state index in [1.54, 1.807) is 24.3 Å². The van der Waals surface area contributed by atoms with Crippen molar-refractivity contribution in [2.24, 2.45) is 0 Å². The molecule has 1 heterocycles. The Morgan fingerprint density at radius 2 is 1.58 bits per heavy atom. The number of rotatable bonds is 7. The third kappa shape index (κ3) is 5.78. The first kappa shape index (κ1) is 25.1. The van der Waals surface area contributed by atoms with Crippen LogP contribution in [0.5, 0.6) is 5.75 Å². The van der Waals surface area contributed by atoms with Crippen LogP contribution in [-0.2, 0) is 32.1 Å². The topological polar surface area (TPSA) is 84.0 Å². The number of nitrogens with zero attached hydrogens (tertiary/aromatic N) is 2. The second-order valence-electron chi connectivity index (χ2n) is 8.33. The van der Waals surface area contributed by atoms with Gasteiger partial charge in [0.25, 0.3) is 5.91 Å². The lowest BCUT2D eigenvalue weighted by Gasteiger charge is -2.28. The predicted octanol–water partition coefficient (Wildman–Crippen LogP) is 4.31. The van der Waals surface area contributed by atoms with Crippen molar-refractivity contribution in [2.75, 3.05) is 4.90 Å². The summed E-state index contributed by atoms with van der Waals surface area (Å²) in [6.45, 7) is 1.29. The van der Waals surface area contributed by atoms with Crippen molar-refractivity contribution in [3.63, 3.8) is 0 Å². The summed E-state index contributed by atoms with van der Waals surface area (Å²) in [7, 11) is 0. The Morgan fingerprint density at radius 1 is 0.972 bits per heavy atom. The Hall–Kier alpha value is -4.04. The van der Waals surface area contributed by atoms with E-state index in [1.165, 1.54) is 60.4 Å². The maximum absolute atomic E-state index is 13.4. The maximum atomic E-state index is 13.4. The van der Waals surface area contributed by atoms with Crippen LogP contribution in [-0.4, -0.2) is 34.6 Å². The quantitative estimate of drug-likeness (QED) is 0.270. The molecule has 3 aromatic carbocycles. The molecule has 0 spiro atoms. The number of esters is 1. The third-order valence-corrected chi connectivity index (χ3v) is 5.96. The first-order valence-electron chi connectivity index (χ1n) is 11.1. The number of hydrogen-bond acceptors (Lipinski definition) is 5. The highest BCUT2D eigenvalue weighted by atomic mass is 35.5. The highest BCUT2D eigenvalue weighted by Gasteiger charge is 2.44. The summed E-state index contributed by atoms with van der Waals surface area (Å²) in [6.07, 6.45) is -0.203. The van der Waals surface area contributed by atoms with E-state index in [1.807, 2.05) is 0 Å². The van der Waals surface area contributed by atoms with Crippen LogP contribution in [0.4, 0.5) is 10.1 Å². The first-order valence-corrected chi connectivity index (χ1v) is 11.5. The number of hydrogen-bond donors (Lipinski definition) is 0. The minimum atomic E-state index is -1.03. The summed E-state index contributed by atoms with van der Waals surface area (Å²) < 4.78 is 18.4. The van der Waals surface area contributed by atoms with Crippen LogP contribution < -0.4 is 9.64 Å². The van der Waals surface area contributed by atoms with Gasteiger partial charge in [-0.1, -0.05) is 35.9 Å². The zero-order valence-electron chi connectivity index (χ0n) is 19.3. The molecule has 3 amide bonds. The van der Waals surface area contributed by atoms with Gasteiger partial charge in [-0.25, -0.2) is 9.29 Å². The SMILES string of the molecule is CC(=O)Oc1ccc(N2C(=O)CC(N(Cc3ccc(F)cc3)C(=O)Cc3ccc(Cl)cc3)C2=O)cc1. The van der Waals surface area contributed by atoms with Crippen molar-refractivity contribution >= 4 is 41.0 Å². The van der Waals surface area contributed by atoms with E-state index < -0.39 is 29.6 Å². The molecule has 1 fully saturated rings. The normalized spacial score (nSPS) is 15.2. The highest BCUT2D eigenvalue weighted by Crippen LogP contribution is 2.29. The van der Waals surface area contributed by atoms with Crippen molar-refractivity contribution in [3.05, 3.63) is 94.8 Å². The van der Waals surface area contributed by atoms with Crippen LogP contribution in [0.3, 0.4) is 0 Å². The predicted molar refractivity (Wildman–Crippen MR) is 131 cm³/mol. The van der Waals surface area contributed by atoms with Gasteiger partial charge in [0.2, 0.25) is 11.8 Å². The number of carbonyl (C=O) groups excluding carboxylic acids is 4. The van der Waals surface area contributed by atoms with E-state index in [4.69, 9.17) is 16.3 Å². The summed E-state index contributed by atoms with van der Waals surface area (Å²) in [5.41, 5.74) is 1.61. The Bertz CT molecular complexity index is 1290. The van der Waals surface area contributed by atoms with Crippen LogP contribution in [0.15, 0.2) is 72.8 Å². The molecule has 0 aliphatic carbocycles. The van der Waals surface area contributed by atoms with Gasteiger partial charge in [-0.05, 0) is 59.7 Å². The maximum Gasteiger partial charge on any atom is 0.308 e. The van der Waals surface area contributed by atoms with E-state index in [2.05, 4.69) is 0 Å². The average Bonchev–Trinajstić information content (AvgIpc) is 3.13. The fourth-order valence-corrected chi connectivity index (χ4v) is 4.12. The van der Waals surface area contributed by atoms with Gasteiger partial charge in [0, 0.05) is 18.5 Å². The van der Waals surface area contributed by atoms with Gasteiger partial charge in [-0.2, -0.15) is 0 Å². The summed E-state index contributed by atoms with van der Waals surface area (Å²) >= 11 is 5.94. The van der Waals surface area contributed by atoms with Crippen LogP contribution in [0.2, 0.25) is 5.02 Å². The molecule has 0 aromatic heterocycles. The minimum Gasteiger partial charge on any atom is -0.427 e. The molecule has 0 saturated carbocycles. The van der Waals surface area contributed by atoms with Gasteiger partial charge >= 0.3 is 5.97 Å². The Balaban J connectivity index is 1.60. The number of carbonyl (C=O) groups is 4. The minimum absolute atomic E-state index is 0.00653. The molecule has 0 N–H and O–H groups in total. The first-order chi connectivity index (χ1) is 17.2. The second kappa shape index (κ2) is 10.7. The average molecular weight is 509 g/mol. The zero-order valence-corrected chi connectivity index (χ0v) is 20.1. The number of ether oxygens (including phenoxy) is 1. The van der Waals surface area contributed by atoms with Gasteiger partial charge in [-0.15, -0.1) is 0 Å². The molecular formula is C27H22ClFN2O5. The van der Waals surface area contributed by atoms with E-state index in [-0.39, 0.29) is 31.0 Å². The fraction of sp³-hybridized carbons (Fsp3) is 0.185. The highest BCUT2D eigenvalue weighted by molar-refractivity contribution is 6.30. The Morgan fingerprint density at radius 3 is 2.19 bits per heavy atom. The number of benzene rings is 3. The molecule has 36 heavy (non-hydrogen) atoms. The molecule has 184 valence electrons. The number of amides is 3. The zero-order chi connectivity index (χ0) is 25.8. The number of anilines is 1. The number of halogens is 2. The Labute approximate surface area is 212 Å². The van der Waals surface area contributed by atoms with Crippen molar-refractivity contribution < 1.29 is 28.3 Å². The molecule has 1 atom stereocenters. The summed E-state index contributed by atoms with van der Waals surface area (Å²) in [5, 5.41) is 0.529. The molecule has 9 heteroatoms. The largest absolute Gasteiger partial charge is 0.427 e. The van der Waals surface area contributed by atoms with E-state index >= 15 is 0 Å². The molecular weight excluding hydrogens is 487 g/mol. The lowest BCUT2D eigenvalue weighted by molar-refractivity contribution is -0.138. The van der Waals surface area contributed by atoms with Gasteiger partial charge in [0.05, 0.1) is 18.5 Å². The molecule has 0 bridgehead atoms. The van der Waals surface area contributed by atoms with Crippen LogP contribution >= 0.6 is 11.6 Å². The summed E-state index contributed by atoms with van der Waals surface area (Å²) in [4.78, 5) is 53.2. The molecule has 4 rings (SSSR count). The molecule has 1 unspecified atom stereocenters. The molecule has 1 saturated heterocycles.